The van der Waals surface area contributed by atoms with Crippen LogP contribution in [0, 0.1) is 5.82 Å². The van der Waals surface area contributed by atoms with E-state index in [2.05, 4.69) is 0 Å². The first kappa shape index (κ1) is 15.3. The first-order chi connectivity index (χ1) is 9.43. The van der Waals surface area contributed by atoms with Crippen molar-refractivity contribution in [1.82, 2.24) is 4.31 Å². The third kappa shape index (κ3) is 3.16. The van der Waals surface area contributed by atoms with Crippen LogP contribution in [-0.4, -0.2) is 30.8 Å². The molecule has 0 atom stereocenters. The summed E-state index contributed by atoms with van der Waals surface area (Å²) in [5, 5.41) is 0. The van der Waals surface area contributed by atoms with E-state index in [9.17, 15) is 12.8 Å². The number of sulfonamides is 1. The third-order valence-corrected chi connectivity index (χ3v) is 5.52. The molecule has 2 rings (SSSR count). The van der Waals surface area contributed by atoms with Gasteiger partial charge in [-0.2, -0.15) is 4.31 Å². The van der Waals surface area contributed by atoms with Crippen LogP contribution in [-0.2, 0) is 10.0 Å². The van der Waals surface area contributed by atoms with Crippen molar-refractivity contribution < 1.29 is 12.8 Å². The maximum atomic E-state index is 13.5. The molecular formula is C13H17FN2O2S2. The Morgan fingerprint density at radius 3 is 2.35 bits per heavy atom. The van der Waals surface area contributed by atoms with Gasteiger partial charge in [0.1, 0.15) is 10.8 Å². The molecule has 0 saturated carbocycles. The Balaban J connectivity index is 2.38. The Labute approximate surface area is 123 Å². The van der Waals surface area contributed by atoms with Crippen LogP contribution in [0.3, 0.4) is 0 Å². The van der Waals surface area contributed by atoms with Crippen LogP contribution in [0.15, 0.2) is 23.1 Å². The van der Waals surface area contributed by atoms with E-state index in [1.54, 1.807) is 0 Å². The predicted octanol–water partition coefficient (Wildman–Crippen LogP) is 2.02. The molecule has 7 heteroatoms. The van der Waals surface area contributed by atoms with E-state index in [0.717, 1.165) is 31.7 Å². The summed E-state index contributed by atoms with van der Waals surface area (Å²) in [6.07, 6.45) is 3.77. The molecular weight excluding hydrogens is 299 g/mol. The van der Waals surface area contributed by atoms with Crippen LogP contribution in [0.4, 0.5) is 4.39 Å². The fraction of sp³-hybridized carbons (Fsp3) is 0.462. The van der Waals surface area contributed by atoms with Crippen LogP contribution < -0.4 is 5.73 Å². The Morgan fingerprint density at radius 2 is 1.80 bits per heavy atom. The van der Waals surface area contributed by atoms with Crippen molar-refractivity contribution in [2.24, 2.45) is 5.73 Å². The molecule has 1 aromatic rings. The molecule has 110 valence electrons. The fourth-order valence-corrected chi connectivity index (χ4v) is 3.99. The number of thiocarbonyl (C=S) groups is 1. The van der Waals surface area contributed by atoms with E-state index in [-0.39, 0.29) is 15.4 Å². The highest BCUT2D eigenvalue weighted by Gasteiger charge is 2.26. The number of halogens is 1. The van der Waals surface area contributed by atoms with Crippen molar-refractivity contribution in [2.75, 3.05) is 13.1 Å². The van der Waals surface area contributed by atoms with E-state index < -0.39 is 15.8 Å². The molecule has 4 nitrogen and oxygen atoms in total. The van der Waals surface area contributed by atoms with E-state index in [1.807, 2.05) is 0 Å². The number of nitrogens with zero attached hydrogens (tertiary/aromatic N) is 1. The minimum Gasteiger partial charge on any atom is -0.389 e. The molecule has 0 aliphatic carbocycles. The maximum absolute atomic E-state index is 13.5. The lowest BCUT2D eigenvalue weighted by atomic mass is 10.2. The van der Waals surface area contributed by atoms with Gasteiger partial charge in [0.15, 0.2) is 0 Å². The zero-order chi connectivity index (χ0) is 14.8. The summed E-state index contributed by atoms with van der Waals surface area (Å²) in [4.78, 5) is -0.0981. The number of nitrogens with two attached hydrogens (primary N) is 1. The molecule has 1 saturated heterocycles. The normalized spacial score (nSPS) is 17.6. The predicted molar refractivity (Wildman–Crippen MR) is 79.5 cm³/mol. The van der Waals surface area contributed by atoms with Gasteiger partial charge >= 0.3 is 0 Å². The molecule has 0 spiro atoms. The van der Waals surface area contributed by atoms with Gasteiger partial charge in [-0.3, -0.25) is 0 Å². The van der Waals surface area contributed by atoms with Crippen LogP contribution >= 0.6 is 12.2 Å². The van der Waals surface area contributed by atoms with Gasteiger partial charge in [-0.25, -0.2) is 12.8 Å². The van der Waals surface area contributed by atoms with Gasteiger partial charge in [-0.05, 0) is 31.0 Å². The molecule has 0 radical (unpaired) electrons. The summed E-state index contributed by atoms with van der Waals surface area (Å²) in [6.45, 7) is 1.00. The van der Waals surface area contributed by atoms with Gasteiger partial charge in [0.05, 0.1) is 4.90 Å². The summed E-state index contributed by atoms with van der Waals surface area (Å²) in [5.74, 6) is -0.604. The molecule has 0 aromatic heterocycles. The summed E-state index contributed by atoms with van der Waals surface area (Å²) in [5.41, 5.74) is 5.38. The number of rotatable bonds is 3. The van der Waals surface area contributed by atoms with Crippen molar-refractivity contribution in [1.29, 1.82) is 0 Å². The van der Waals surface area contributed by atoms with Crippen molar-refractivity contribution in [2.45, 2.75) is 30.6 Å². The molecule has 1 aliphatic rings. The van der Waals surface area contributed by atoms with Crippen molar-refractivity contribution in [3.8, 4) is 0 Å². The van der Waals surface area contributed by atoms with Gasteiger partial charge in [0, 0.05) is 18.7 Å². The van der Waals surface area contributed by atoms with E-state index >= 15 is 0 Å². The Hall–Kier alpha value is -1.05. The Bertz CT molecular complexity index is 609. The molecule has 0 unspecified atom stereocenters. The molecule has 1 aromatic carbocycles. The van der Waals surface area contributed by atoms with Crippen LogP contribution in [0.25, 0.3) is 0 Å². The average molecular weight is 316 g/mol. The van der Waals surface area contributed by atoms with Gasteiger partial charge in [0.2, 0.25) is 10.0 Å². The highest BCUT2D eigenvalue weighted by atomic mass is 32.2. The molecule has 0 bridgehead atoms. The van der Waals surface area contributed by atoms with Crippen LogP contribution in [0.1, 0.15) is 31.2 Å². The lowest BCUT2D eigenvalue weighted by molar-refractivity contribution is 0.423. The lowest BCUT2D eigenvalue weighted by Crippen LogP contribution is -2.32. The summed E-state index contributed by atoms with van der Waals surface area (Å²) in [6, 6.07) is 3.58. The molecule has 1 heterocycles. The second kappa shape index (κ2) is 6.15. The zero-order valence-electron chi connectivity index (χ0n) is 11.0. The lowest BCUT2D eigenvalue weighted by Gasteiger charge is -2.20. The van der Waals surface area contributed by atoms with Crippen molar-refractivity contribution in [3.05, 3.63) is 29.6 Å². The second-order valence-corrected chi connectivity index (χ2v) is 7.20. The molecule has 20 heavy (non-hydrogen) atoms. The minimum absolute atomic E-state index is 0.0316. The van der Waals surface area contributed by atoms with Gasteiger partial charge < -0.3 is 5.73 Å². The second-order valence-electron chi connectivity index (χ2n) is 4.82. The zero-order valence-corrected chi connectivity index (χ0v) is 12.6. The van der Waals surface area contributed by atoms with Gasteiger partial charge in [0.25, 0.3) is 0 Å². The topological polar surface area (TPSA) is 63.4 Å². The minimum atomic E-state index is -3.61. The van der Waals surface area contributed by atoms with Gasteiger partial charge in [-0.15, -0.1) is 0 Å². The summed E-state index contributed by atoms with van der Waals surface area (Å²) >= 11 is 4.74. The number of benzene rings is 1. The third-order valence-electron chi connectivity index (χ3n) is 3.41. The Morgan fingerprint density at radius 1 is 1.20 bits per heavy atom. The highest BCUT2D eigenvalue weighted by Crippen LogP contribution is 2.22. The first-order valence-electron chi connectivity index (χ1n) is 6.52. The van der Waals surface area contributed by atoms with E-state index in [1.165, 1.54) is 16.4 Å². The molecule has 1 fully saturated rings. The monoisotopic (exact) mass is 316 g/mol. The average Bonchev–Trinajstić information content (AvgIpc) is 2.67. The molecule has 1 aliphatic heterocycles. The molecule has 2 N–H and O–H groups in total. The quantitative estimate of drug-likeness (QED) is 0.867. The molecule has 0 amide bonds. The SMILES string of the molecule is NC(=S)c1cc(S(=O)(=O)N2CCCCCC2)ccc1F. The first-order valence-corrected chi connectivity index (χ1v) is 8.37. The van der Waals surface area contributed by atoms with Crippen molar-refractivity contribution in [3.63, 3.8) is 0 Å². The van der Waals surface area contributed by atoms with E-state index in [4.69, 9.17) is 18.0 Å². The largest absolute Gasteiger partial charge is 0.389 e. The maximum Gasteiger partial charge on any atom is 0.243 e. The standard InChI is InChI=1S/C13H17FN2O2S2/c14-12-6-5-10(9-11(12)13(15)19)20(17,18)16-7-3-1-2-4-8-16/h5-6,9H,1-4,7-8H2,(H2,15,19). The van der Waals surface area contributed by atoms with Crippen LogP contribution in [0.5, 0.6) is 0 Å². The number of hydrogen-bond acceptors (Lipinski definition) is 3. The van der Waals surface area contributed by atoms with E-state index in [0.29, 0.717) is 13.1 Å². The number of hydrogen-bond donors (Lipinski definition) is 1. The summed E-state index contributed by atoms with van der Waals surface area (Å²) < 4.78 is 40.1. The van der Waals surface area contributed by atoms with Crippen molar-refractivity contribution >= 4 is 27.2 Å². The summed E-state index contributed by atoms with van der Waals surface area (Å²) in [7, 11) is -3.61. The highest BCUT2D eigenvalue weighted by molar-refractivity contribution is 7.89. The fourth-order valence-electron chi connectivity index (χ4n) is 2.28. The smallest absolute Gasteiger partial charge is 0.243 e. The van der Waals surface area contributed by atoms with Gasteiger partial charge in [-0.1, -0.05) is 25.1 Å². The van der Waals surface area contributed by atoms with Crippen LogP contribution in [0.2, 0.25) is 0 Å². The Kier molecular flexibility index (Phi) is 4.72.